The lowest BCUT2D eigenvalue weighted by Gasteiger charge is -2.29. The molecule has 0 saturated carbocycles. The predicted octanol–water partition coefficient (Wildman–Crippen LogP) is -2.71. The molecule has 0 bridgehead atoms. The summed E-state index contributed by atoms with van der Waals surface area (Å²) in [5.74, 6) is -6.00. The lowest BCUT2D eigenvalue weighted by atomic mass is 10.0. The van der Waals surface area contributed by atoms with Crippen LogP contribution in [0.15, 0.2) is 0 Å². The van der Waals surface area contributed by atoms with E-state index in [1.807, 2.05) is 0 Å². The van der Waals surface area contributed by atoms with Gasteiger partial charge in [-0.05, 0) is 38.0 Å². The molecule has 27 nitrogen and oxygen atoms in total. The Bertz CT molecular complexity index is 1580. The average Bonchev–Trinajstić information content (AvgIpc) is 3.86. The van der Waals surface area contributed by atoms with Gasteiger partial charge in [-0.1, -0.05) is 13.8 Å². The second-order valence-electron chi connectivity index (χ2n) is 17.1. The van der Waals surface area contributed by atoms with Crippen LogP contribution < -0.4 is 38.1 Å². The maximum Gasteiger partial charge on any atom is 0.326 e. The summed E-state index contributed by atoms with van der Waals surface area (Å²) in [6, 6.07) is -4.48. The number of nitrogens with two attached hydrogens (primary N) is 2. The first-order valence-electron chi connectivity index (χ1n) is 25.5. The fourth-order valence-electron chi connectivity index (χ4n) is 6.89. The molecule has 428 valence electrons. The highest BCUT2D eigenvalue weighted by atomic mass is 16.6. The number of carboxylic acids is 2. The van der Waals surface area contributed by atoms with Crippen molar-refractivity contribution in [3.05, 3.63) is 0 Å². The fourth-order valence-corrected chi connectivity index (χ4v) is 6.89. The molecule has 1 fully saturated rings. The average molecular weight is 1070 g/mol. The van der Waals surface area contributed by atoms with Gasteiger partial charge in [-0.2, -0.15) is 0 Å². The van der Waals surface area contributed by atoms with Gasteiger partial charge in [0.05, 0.1) is 125 Å². The highest BCUT2D eigenvalue weighted by Gasteiger charge is 2.40. The molecule has 0 spiro atoms. The second-order valence-corrected chi connectivity index (χ2v) is 17.1. The number of rotatable bonds is 49. The molecule has 1 aliphatic heterocycles. The van der Waals surface area contributed by atoms with Gasteiger partial charge in [0.1, 0.15) is 24.2 Å². The largest absolute Gasteiger partial charge is 0.481 e. The molecule has 4 atom stereocenters. The number of nitrogens with zero attached hydrogens (tertiary/aromatic N) is 1. The molecule has 0 radical (unpaired) electrons. The van der Waals surface area contributed by atoms with Gasteiger partial charge in [-0.15, -0.1) is 0 Å². The monoisotopic (exact) mass is 1070 g/mol. The number of nitrogens with one attached hydrogen (secondary N) is 5. The van der Waals surface area contributed by atoms with Crippen LogP contribution in [0, 0.1) is 5.92 Å². The van der Waals surface area contributed by atoms with E-state index >= 15 is 0 Å². The first-order chi connectivity index (χ1) is 35.7. The van der Waals surface area contributed by atoms with E-state index in [0.29, 0.717) is 105 Å². The highest BCUT2D eigenvalue weighted by Crippen LogP contribution is 2.20. The molecule has 74 heavy (non-hydrogen) atoms. The first-order valence-corrected chi connectivity index (χ1v) is 25.5. The van der Waals surface area contributed by atoms with Crippen LogP contribution in [0.3, 0.4) is 0 Å². The van der Waals surface area contributed by atoms with Crippen molar-refractivity contribution < 1.29 is 91.2 Å². The molecule has 1 aliphatic rings. The van der Waals surface area contributed by atoms with Crippen molar-refractivity contribution in [2.75, 3.05) is 152 Å². The number of hydrogen-bond donors (Lipinski definition) is 9. The Balaban J connectivity index is 2.41. The number of ether oxygens (including phenoxy) is 9. The standard InChI is InChI=1S/C47H86N8O19/c1-35(2)43(47(64)65)54-45(62)38-7-5-15-55(38)46(63)37(34-42(59)60)53-41(58)10-18-68-24-30-74-33-27-71-21-14-51-44(61)36(52-40(57)9-17-67-23-29-73-32-26-70-20-12-49)6-3-4-13-50-39(56)8-16-66-22-28-72-31-25-69-19-11-48/h35-38,43H,3-34,48-49H2,1-2H3,(H,50,56)(H,51,61)(H,52,57)(H,53,58)(H,54,62)(H,59,60)(H,64,65)/t36-,37-,38-,43-/m0/s1. The summed E-state index contributed by atoms with van der Waals surface area (Å²) in [6.07, 6.45) is 1.39. The summed E-state index contributed by atoms with van der Waals surface area (Å²) >= 11 is 0. The summed E-state index contributed by atoms with van der Waals surface area (Å²) in [4.78, 5) is 102. The molecule has 0 unspecified atom stereocenters. The number of likely N-dealkylation sites (tertiary alicyclic amines) is 1. The fraction of sp³-hybridized carbons (Fsp3) is 0.830. The van der Waals surface area contributed by atoms with Gasteiger partial charge in [0.15, 0.2) is 0 Å². The minimum Gasteiger partial charge on any atom is -0.481 e. The van der Waals surface area contributed by atoms with Crippen molar-refractivity contribution in [3.8, 4) is 0 Å². The quantitative estimate of drug-likeness (QED) is 0.0280. The van der Waals surface area contributed by atoms with Crippen molar-refractivity contribution in [1.29, 1.82) is 0 Å². The molecule has 0 aromatic carbocycles. The summed E-state index contributed by atoms with van der Waals surface area (Å²) < 4.78 is 48.7. The Labute approximate surface area is 434 Å². The molecule has 6 amide bonds. The van der Waals surface area contributed by atoms with Crippen LogP contribution in [0.25, 0.3) is 0 Å². The summed E-state index contributed by atoms with van der Waals surface area (Å²) in [7, 11) is 0. The second kappa shape index (κ2) is 44.6. The molecule has 1 rings (SSSR count). The minimum absolute atomic E-state index is 0.0279. The number of carbonyl (C=O) groups excluding carboxylic acids is 6. The number of unbranched alkanes of at least 4 members (excludes halogenated alkanes) is 1. The van der Waals surface area contributed by atoms with Gasteiger partial charge in [0, 0.05) is 52.0 Å². The zero-order chi connectivity index (χ0) is 54.6. The molecule has 11 N–H and O–H groups in total. The number of carbonyl (C=O) groups is 8. The molecular weight excluding hydrogens is 981 g/mol. The number of carboxylic acid groups (broad SMARTS) is 2. The molecule has 0 aromatic rings. The lowest BCUT2D eigenvalue weighted by molar-refractivity contribution is -0.147. The maximum absolute atomic E-state index is 13.4. The van der Waals surface area contributed by atoms with Crippen LogP contribution >= 0.6 is 0 Å². The van der Waals surface area contributed by atoms with Crippen molar-refractivity contribution in [2.45, 2.75) is 95.8 Å². The third-order valence-corrected chi connectivity index (χ3v) is 10.7. The molecule has 0 aliphatic carbocycles. The van der Waals surface area contributed by atoms with Gasteiger partial charge in [-0.25, -0.2) is 4.79 Å². The summed E-state index contributed by atoms with van der Waals surface area (Å²) in [6.45, 7) is 9.91. The van der Waals surface area contributed by atoms with E-state index < -0.39 is 72.1 Å². The minimum atomic E-state index is -1.45. The Hall–Kier alpha value is -4.68. The van der Waals surface area contributed by atoms with E-state index in [0.717, 1.165) is 0 Å². The van der Waals surface area contributed by atoms with E-state index in [2.05, 4.69) is 26.6 Å². The molecule has 0 aromatic heterocycles. The van der Waals surface area contributed by atoms with Crippen LogP contribution in [-0.2, 0) is 81.0 Å². The van der Waals surface area contributed by atoms with E-state index in [9.17, 15) is 48.6 Å². The van der Waals surface area contributed by atoms with Crippen LogP contribution in [0.1, 0.15) is 71.6 Å². The molecule has 1 heterocycles. The van der Waals surface area contributed by atoms with Crippen molar-refractivity contribution in [1.82, 2.24) is 31.5 Å². The molecular formula is C47H86N8O19. The van der Waals surface area contributed by atoms with Crippen LogP contribution in [0.4, 0.5) is 0 Å². The maximum atomic E-state index is 13.4. The molecule has 1 saturated heterocycles. The van der Waals surface area contributed by atoms with Crippen molar-refractivity contribution in [3.63, 3.8) is 0 Å². The molecule has 27 heteroatoms. The highest BCUT2D eigenvalue weighted by molar-refractivity contribution is 5.95. The number of aliphatic carboxylic acids is 2. The predicted molar refractivity (Wildman–Crippen MR) is 264 cm³/mol. The number of hydrogen-bond acceptors (Lipinski definition) is 19. The Morgan fingerprint density at radius 3 is 1.45 bits per heavy atom. The Kier molecular flexibility index (Phi) is 40.6. The zero-order valence-corrected chi connectivity index (χ0v) is 43.5. The lowest BCUT2D eigenvalue weighted by Crippen LogP contribution is -2.56. The summed E-state index contributed by atoms with van der Waals surface area (Å²) in [5, 5.41) is 32.2. The van der Waals surface area contributed by atoms with Gasteiger partial charge in [0.25, 0.3) is 0 Å². The topological polar surface area (TPSA) is 376 Å². The first kappa shape index (κ1) is 67.3. The third kappa shape index (κ3) is 34.7. The zero-order valence-electron chi connectivity index (χ0n) is 43.5. The van der Waals surface area contributed by atoms with Gasteiger partial charge >= 0.3 is 11.9 Å². The van der Waals surface area contributed by atoms with Gasteiger partial charge in [0.2, 0.25) is 35.4 Å². The van der Waals surface area contributed by atoms with E-state index in [1.165, 1.54) is 4.90 Å². The van der Waals surface area contributed by atoms with E-state index in [-0.39, 0.29) is 110 Å². The third-order valence-electron chi connectivity index (χ3n) is 10.7. The SMILES string of the molecule is CC(C)[C@H](NC(=O)[C@@H]1CCCN1C(=O)[C@H](CC(=O)O)NC(=O)CCOCCOCCOCCNC(=O)[C@H](CCCCNC(=O)CCOCCOCCOCCN)NC(=O)CCOCCOCCOCCN)C(=O)O. The van der Waals surface area contributed by atoms with E-state index in [4.69, 9.17) is 54.1 Å². The van der Waals surface area contributed by atoms with Crippen LogP contribution in [0.2, 0.25) is 0 Å². The van der Waals surface area contributed by atoms with E-state index in [1.54, 1.807) is 13.8 Å². The normalized spacial score (nSPS) is 14.6. The van der Waals surface area contributed by atoms with Gasteiger partial charge < -0.3 is 95.8 Å². The van der Waals surface area contributed by atoms with Crippen LogP contribution in [-0.4, -0.2) is 238 Å². The number of amides is 6. The van der Waals surface area contributed by atoms with Crippen molar-refractivity contribution >= 4 is 47.4 Å². The van der Waals surface area contributed by atoms with Gasteiger partial charge in [-0.3, -0.25) is 33.6 Å². The smallest absolute Gasteiger partial charge is 0.326 e. The van der Waals surface area contributed by atoms with Crippen molar-refractivity contribution in [2.24, 2.45) is 17.4 Å². The Morgan fingerprint density at radius 2 is 0.986 bits per heavy atom. The Morgan fingerprint density at radius 1 is 0.541 bits per heavy atom. The summed E-state index contributed by atoms with van der Waals surface area (Å²) in [5.41, 5.74) is 10.7. The van der Waals surface area contributed by atoms with Crippen LogP contribution in [0.5, 0.6) is 0 Å².